The van der Waals surface area contributed by atoms with Crippen LogP contribution in [0, 0.1) is 5.82 Å². The molecular formula is C19H13FN4O3. The van der Waals surface area contributed by atoms with E-state index in [1.165, 1.54) is 6.20 Å². The topological polar surface area (TPSA) is 101 Å². The smallest absolute Gasteiger partial charge is 0.341 e. The summed E-state index contributed by atoms with van der Waals surface area (Å²) in [5.74, 6) is -1.54. The zero-order chi connectivity index (χ0) is 18.7. The fourth-order valence-electron chi connectivity index (χ4n) is 3.40. The summed E-state index contributed by atoms with van der Waals surface area (Å²) < 4.78 is 16.5. The number of aromatic amines is 1. The molecule has 7 nitrogen and oxygen atoms in total. The predicted octanol–water partition coefficient (Wildman–Crippen LogP) is 3.11. The molecule has 0 atom stereocenters. The number of carboxylic acids is 1. The Bertz CT molecular complexity index is 1290. The van der Waals surface area contributed by atoms with Crippen LogP contribution in [0.5, 0.6) is 0 Å². The van der Waals surface area contributed by atoms with Crippen molar-refractivity contribution in [3.8, 4) is 11.4 Å². The van der Waals surface area contributed by atoms with Gasteiger partial charge < -0.3 is 14.7 Å². The molecular weight excluding hydrogens is 351 g/mol. The Balaban J connectivity index is 1.92. The van der Waals surface area contributed by atoms with E-state index in [4.69, 9.17) is 0 Å². The van der Waals surface area contributed by atoms with Crippen LogP contribution in [0.15, 0.2) is 41.6 Å². The summed E-state index contributed by atoms with van der Waals surface area (Å²) in [5.41, 5.74) is 0.661. The lowest BCUT2D eigenvalue weighted by Gasteiger charge is -2.12. The van der Waals surface area contributed by atoms with Crippen LogP contribution in [-0.4, -0.2) is 30.6 Å². The number of nitrogens with one attached hydrogen (secondary N) is 1. The summed E-state index contributed by atoms with van der Waals surface area (Å²) in [6.07, 6.45) is 6.32. The maximum absolute atomic E-state index is 14.7. The Morgan fingerprint density at radius 3 is 2.70 bits per heavy atom. The number of halogens is 1. The van der Waals surface area contributed by atoms with Crippen LogP contribution in [0.3, 0.4) is 0 Å². The molecule has 0 radical (unpaired) electrons. The van der Waals surface area contributed by atoms with Gasteiger partial charge in [-0.15, -0.1) is 0 Å². The van der Waals surface area contributed by atoms with E-state index in [0.717, 1.165) is 24.5 Å². The summed E-state index contributed by atoms with van der Waals surface area (Å²) in [4.78, 5) is 35.5. The molecule has 4 aromatic rings. The summed E-state index contributed by atoms with van der Waals surface area (Å²) in [7, 11) is 0. The van der Waals surface area contributed by atoms with Crippen LogP contribution in [-0.2, 0) is 0 Å². The Hall–Kier alpha value is -3.55. The molecule has 8 heteroatoms. The van der Waals surface area contributed by atoms with Gasteiger partial charge in [-0.2, -0.15) is 0 Å². The van der Waals surface area contributed by atoms with Crippen molar-refractivity contribution >= 4 is 27.9 Å². The fourth-order valence-corrected chi connectivity index (χ4v) is 3.40. The second kappa shape index (κ2) is 5.47. The lowest BCUT2D eigenvalue weighted by atomic mass is 10.1. The first-order valence-corrected chi connectivity index (χ1v) is 8.45. The molecule has 1 saturated carbocycles. The molecule has 134 valence electrons. The zero-order valence-electron chi connectivity index (χ0n) is 13.9. The molecule has 0 unspecified atom stereocenters. The molecule has 0 spiro atoms. The molecule has 3 aromatic heterocycles. The number of aromatic carboxylic acids is 1. The third-order valence-corrected chi connectivity index (χ3v) is 4.83. The van der Waals surface area contributed by atoms with Crippen molar-refractivity contribution in [1.82, 2.24) is 19.5 Å². The van der Waals surface area contributed by atoms with Crippen LogP contribution in [0.1, 0.15) is 29.2 Å². The highest BCUT2D eigenvalue weighted by Crippen LogP contribution is 2.39. The molecule has 0 saturated heterocycles. The lowest BCUT2D eigenvalue weighted by Crippen LogP contribution is -2.19. The van der Waals surface area contributed by atoms with Gasteiger partial charge in [0.2, 0.25) is 5.43 Å². The Morgan fingerprint density at radius 2 is 2.04 bits per heavy atom. The van der Waals surface area contributed by atoms with E-state index in [1.807, 2.05) is 0 Å². The van der Waals surface area contributed by atoms with Crippen molar-refractivity contribution in [3.05, 3.63) is 58.4 Å². The van der Waals surface area contributed by atoms with Crippen molar-refractivity contribution in [2.45, 2.75) is 18.9 Å². The van der Waals surface area contributed by atoms with Gasteiger partial charge in [0.1, 0.15) is 16.9 Å². The Kier molecular flexibility index (Phi) is 3.18. The lowest BCUT2D eigenvalue weighted by molar-refractivity contribution is 0.0695. The van der Waals surface area contributed by atoms with E-state index in [0.29, 0.717) is 16.9 Å². The molecule has 1 aliphatic carbocycles. The minimum absolute atomic E-state index is 0.0386. The Morgan fingerprint density at radius 1 is 1.30 bits per heavy atom. The summed E-state index contributed by atoms with van der Waals surface area (Å²) in [6.45, 7) is 0. The van der Waals surface area contributed by atoms with Gasteiger partial charge in [0, 0.05) is 30.2 Å². The summed E-state index contributed by atoms with van der Waals surface area (Å²) in [5, 5.41) is 9.39. The van der Waals surface area contributed by atoms with Crippen LogP contribution in [0.4, 0.5) is 4.39 Å². The number of rotatable bonds is 3. The SMILES string of the molecule is O=C(O)c1cn(C2CC2)c2c(cc(F)c3nc(-c4ccncc4)[nH]c32)c1=O. The largest absolute Gasteiger partial charge is 0.477 e. The summed E-state index contributed by atoms with van der Waals surface area (Å²) >= 11 is 0. The van der Waals surface area contributed by atoms with Gasteiger partial charge >= 0.3 is 5.97 Å². The first-order chi connectivity index (χ1) is 13.0. The van der Waals surface area contributed by atoms with Gasteiger partial charge in [0.25, 0.3) is 0 Å². The maximum atomic E-state index is 14.7. The van der Waals surface area contributed by atoms with Crippen molar-refractivity contribution in [3.63, 3.8) is 0 Å². The van der Waals surface area contributed by atoms with Crippen molar-refractivity contribution in [1.29, 1.82) is 0 Å². The minimum atomic E-state index is -1.32. The number of nitrogens with zero attached hydrogens (tertiary/aromatic N) is 3. The van der Waals surface area contributed by atoms with Crippen LogP contribution in [0.2, 0.25) is 0 Å². The van der Waals surface area contributed by atoms with Gasteiger partial charge in [0.15, 0.2) is 5.82 Å². The third kappa shape index (κ3) is 2.33. The number of benzene rings is 1. The van der Waals surface area contributed by atoms with Crippen LogP contribution in [0.25, 0.3) is 33.3 Å². The fraction of sp³-hybridized carbons (Fsp3) is 0.158. The average Bonchev–Trinajstić information content (AvgIpc) is 3.40. The van der Waals surface area contributed by atoms with Crippen molar-refractivity contribution in [2.24, 2.45) is 0 Å². The number of hydrogen-bond donors (Lipinski definition) is 2. The van der Waals surface area contributed by atoms with E-state index < -0.39 is 17.2 Å². The number of pyridine rings is 2. The maximum Gasteiger partial charge on any atom is 0.341 e. The number of carboxylic acid groups (broad SMARTS) is 1. The minimum Gasteiger partial charge on any atom is -0.477 e. The number of hydrogen-bond acceptors (Lipinski definition) is 4. The molecule has 0 aliphatic heterocycles. The Labute approximate surface area is 151 Å². The molecule has 1 aliphatic rings. The zero-order valence-corrected chi connectivity index (χ0v) is 13.9. The molecule has 27 heavy (non-hydrogen) atoms. The molecule has 5 rings (SSSR count). The van der Waals surface area contributed by atoms with Gasteiger partial charge in [0.05, 0.1) is 16.4 Å². The molecule has 1 fully saturated rings. The van der Waals surface area contributed by atoms with Gasteiger partial charge in [-0.3, -0.25) is 9.78 Å². The highest BCUT2D eigenvalue weighted by atomic mass is 19.1. The number of H-pyrrole nitrogens is 1. The number of carbonyl (C=O) groups is 1. The van der Waals surface area contributed by atoms with E-state index in [2.05, 4.69) is 15.0 Å². The normalized spacial score (nSPS) is 14.1. The summed E-state index contributed by atoms with van der Waals surface area (Å²) in [6, 6.07) is 4.66. The number of imidazole rings is 1. The predicted molar refractivity (Wildman–Crippen MR) is 96.3 cm³/mol. The third-order valence-electron chi connectivity index (χ3n) is 4.83. The monoisotopic (exact) mass is 364 g/mol. The van der Waals surface area contributed by atoms with Crippen LogP contribution < -0.4 is 5.43 Å². The highest BCUT2D eigenvalue weighted by Gasteiger charge is 2.29. The second-order valence-corrected chi connectivity index (χ2v) is 6.61. The first kappa shape index (κ1) is 15.7. The van der Waals surface area contributed by atoms with E-state index in [-0.39, 0.29) is 22.5 Å². The molecule has 1 aromatic carbocycles. The van der Waals surface area contributed by atoms with Gasteiger partial charge in [-0.05, 0) is 31.0 Å². The molecule has 0 bridgehead atoms. The molecule has 2 N–H and O–H groups in total. The van der Waals surface area contributed by atoms with E-state index >= 15 is 0 Å². The molecule has 3 heterocycles. The number of fused-ring (bicyclic) bond motifs is 3. The van der Waals surface area contributed by atoms with Gasteiger partial charge in [-0.1, -0.05) is 0 Å². The van der Waals surface area contributed by atoms with Crippen LogP contribution >= 0.6 is 0 Å². The van der Waals surface area contributed by atoms with Gasteiger partial charge in [-0.25, -0.2) is 14.2 Å². The van der Waals surface area contributed by atoms with Crippen molar-refractivity contribution in [2.75, 3.05) is 0 Å². The van der Waals surface area contributed by atoms with Crippen molar-refractivity contribution < 1.29 is 14.3 Å². The second-order valence-electron chi connectivity index (χ2n) is 6.61. The molecule has 0 amide bonds. The standard InChI is InChI=1S/C19H13FN4O3/c20-13-7-11-16(24(10-1-2-10)8-12(17(11)25)19(26)27)15-14(13)22-18(23-15)9-3-5-21-6-4-9/h3-8,10H,1-2H2,(H,22,23)(H,26,27). The van der Waals surface area contributed by atoms with E-state index in [9.17, 15) is 19.1 Å². The van der Waals surface area contributed by atoms with E-state index in [1.54, 1.807) is 29.1 Å². The quantitative estimate of drug-likeness (QED) is 0.582. The average molecular weight is 364 g/mol. The first-order valence-electron chi connectivity index (χ1n) is 8.45. The number of aromatic nitrogens is 4. The highest BCUT2D eigenvalue weighted by molar-refractivity contribution is 6.05.